The van der Waals surface area contributed by atoms with Gasteiger partial charge in [-0.25, -0.2) is 0 Å². The monoisotopic (exact) mass is 367 g/mol. The molecule has 7 heteroatoms. The maximum absolute atomic E-state index is 12.4. The van der Waals surface area contributed by atoms with E-state index < -0.39 is 0 Å². The molecule has 0 aromatic heterocycles. The van der Waals surface area contributed by atoms with E-state index in [1.807, 2.05) is 18.7 Å². The van der Waals surface area contributed by atoms with Crippen molar-refractivity contribution in [1.29, 1.82) is 0 Å². The van der Waals surface area contributed by atoms with Crippen LogP contribution < -0.4 is 0 Å². The number of aliphatic hydroxyl groups excluding tert-OH is 1. The molecule has 4 nitrogen and oxygen atoms in total. The molecule has 0 aliphatic heterocycles. The van der Waals surface area contributed by atoms with E-state index in [1.54, 1.807) is 6.08 Å². The summed E-state index contributed by atoms with van der Waals surface area (Å²) in [4.78, 5) is 17.6. The summed E-state index contributed by atoms with van der Waals surface area (Å²) < 4.78 is 0. The van der Waals surface area contributed by atoms with Crippen molar-refractivity contribution in [3.05, 3.63) is 22.9 Å². The van der Waals surface area contributed by atoms with Crippen molar-refractivity contribution in [2.75, 3.05) is 12.4 Å². The third-order valence-electron chi connectivity index (χ3n) is 3.70. The molecule has 0 fully saturated rings. The SMILES string of the molecule is CCSC(C)CC1CC(=O)C(/C(CC)=N/OC/C=C/Cl)=C(O)C1.[LiH]. The number of carbonyl (C=O) groups excluding carboxylic acids is 1. The van der Waals surface area contributed by atoms with Gasteiger partial charge in [-0.3, -0.25) is 4.79 Å². The van der Waals surface area contributed by atoms with Crippen LogP contribution in [-0.4, -0.2) is 53.1 Å². The number of hydrogen-bond acceptors (Lipinski definition) is 5. The summed E-state index contributed by atoms with van der Waals surface area (Å²) >= 11 is 7.30. The first-order valence-corrected chi connectivity index (χ1v) is 9.53. The number of rotatable bonds is 9. The molecule has 1 rings (SSSR count). The van der Waals surface area contributed by atoms with Crippen molar-refractivity contribution in [3.63, 3.8) is 0 Å². The van der Waals surface area contributed by atoms with Crippen molar-refractivity contribution in [1.82, 2.24) is 0 Å². The summed E-state index contributed by atoms with van der Waals surface area (Å²) in [5, 5.41) is 14.8. The number of oxime groups is 1. The quantitative estimate of drug-likeness (QED) is 0.287. The van der Waals surface area contributed by atoms with E-state index in [-0.39, 0.29) is 42.9 Å². The number of hydrogen-bond donors (Lipinski definition) is 1. The summed E-state index contributed by atoms with van der Waals surface area (Å²) in [5.41, 5.74) is 2.20. The standard InChI is InChI=1S/C17H26ClNO3S.Li.H/c1-4-14(19-22-8-6-7-18)17-15(20)10-13(11-16(17)21)9-12(3)23-5-2;;/h6-7,12-13,20H,4-5,8-11H2,1-3H3;;/b7-6+,19-14+;;. The Morgan fingerprint density at radius 2 is 2.21 bits per heavy atom. The first-order chi connectivity index (χ1) is 11.0. The van der Waals surface area contributed by atoms with Crippen molar-refractivity contribution in [3.8, 4) is 0 Å². The van der Waals surface area contributed by atoms with E-state index in [0.717, 1.165) is 12.2 Å². The van der Waals surface area contributed by atoms with Crippen molar-refractivity contribution >= 4 is 53.7 Å². The Morgan fingerprint density at radius 3 is 2.75 bits per heavy atom. The minimum absolute atomic E-state index is 0. The van der Waals surface area contributed by atoms with E-state index in [1.165, 1.54) is 5.54 Å². The van der Waals surface area contributed by atoms with Crippen LogP contribution in [0.3, 0.4) is 0 Å². The van der Waals surface area contributed by atoms with Crippen LogP contribution in [0.15, 0.2) is 28.1 Å². The molecule has 0 saturated heterocycles. The van der Waals surface area contributed by atoms with Crippen LogP contribution in [0.5, 0.6) is 0 Å². The van der Waals surface area contributed by atoms with Crippen molar-refractivity contribution in [2.45, 2.75) is 51.7 Å². The molecule has 0 radical (unpaired) electrons. The molecule has 0 aromatic carbocycles. The Labute approximate surface area is 166 Å². The van der Waals surface area contributed by atoms with E-state index >= 15 is 0 Å². The zero-order valence-corrected chi connectivity index (χ0v) is 15.6. The van der Waals surface area contributed by atoms with Gasteiger partial charge in [0, 0.05) is 23.6 Å². The topological polar surface area (TPSA) is 58.9 Å². The third-order valence-corrected chi connectivity index (χ3v) is 4.97. The third kappa shape index (κ3) is 7.69. The van der Waals surface area contributed by atoms with E-state index in [4.69, 9.17) is 16.4 Å². The van der Waals surface area contributed by atoms with Gasteiger partial charge in [0.1, 0.15) is 12.4 Å². The van der Waals surface area contributed by atoms with Crippen LogP contribution in [0.25, 0.3) is 0 Å². The molecule has 24 heavy (non-hydrogen) atoms. The summed E-state index contributed by atoms with van der Waals surface area (Å²) in [7, 11) is 0. The number of nitrogens with zero attached hydrogens (tertiary/aromatic N) is 1. The van der Waals surface area contributed by atoms with Crippen LogP contribution in [-0.2, 0) is 9.63 Å². The predicted octanol–water partition coefficient (Wildman–Crippen LogP) is 4.20. The van der Waals surface area contributed by atoms with Gasteiger partial charge in [-0.05, 0) is 30.6 Å². The second-order valence-electron chi connectivity index (χ2n) is 5.57. The molecule has 0 saturated carbocycles. The maximum atomic E-state index is 12.4. The molecule has 2 atom stereocenters. The van der Waals surface area contributed by atoms with E-state index in [9.17, 15) is 9.90 Å². The van der Waals surface area contributed by atoms with Gasteiger partial charge in [0.05, 0.1) is 11.3 Å². The fourth-order valence-corrected chi connectivity index (χ4v) is 3.82. The Morgan fingerprint density at radius 1 is 1.50 bits per heavy atom. The Bertz CT molecular complexity index is 494. The molecule has 1 aliphatic carbocycles. The molecule has 132 valence electrons. The summed E-state index contributed by atoms with van der Waals surface area (Å²) in [5.74, 6) is 1.38. The van der Waals surface area contributed by atoms with Gasteiger partial charge in [-0.1, -0.05) is 37.5 Å². The average Bonchev–Trinajstić information content (AvgIpc) is 2.49. The summed E-state index contributed by atoms with van der Waals surface area (Å²) in [6.07, 6.45) is 4.09. The van der Waals surface area contributed by atoms with Gasteiger partial charge in [-0.15, -0.1) is 0 Å². The molecular formula is C17H27ClLiNO3S. The van der Waals surface area contributed by atoms with Crippen LogP contribution in [0, 0.1) is 5.92 Å². The first-order valence-electron chi connectivity index (χ1n) is 8.04. The van der Waals surface area contributed by atoms with Crippen LogP contribution in [0.1, 0.15) is 46.5 Å². The van der Waals surface area contributed by atoms with Crippen LogP contribution in [0.4, 0.5) is 0 Å². The Balaban J connectivity index is 0.00000529. The molecule has 0 amide bonds. The zero-order valence-electron chi connectivity index (χ0n) is 14.0. The number of carbonyl (C=O) groups is 1. The molecule has 0 aromatic rings. The number of halogens is 1. The van der Waals surface area contributed by atoms with E-state index in [2.05, 4.69) is 19.0 Å². The number of thioether (sulfide) groups is 1. The van der Waals surface area contributed by atoms with Crippen LogP contribution in [0.2, 0.25) is 0 Å². The predicted molar refractivity (Wildman–Crippen MR) is 105 cm³/mol. The summed E-state index contributed by atoms with van der Waals surface area (Å²) in [6, 6.07) is 0. The number of allylic oxidation sites excluding steroid dienone is 2. The number of Topliss-reactive ketones (excluding diaryl/α,β-unsaturated/α-hetero) is 1. The second kappa shape index (κ2) is 12.9. The van der Waals surface area contributed by atoms with Gasteiger partial charge in [0.15, 0.2) is 5.78 Å². The fraction of sp³-hybridized carbons (Fsp3) is 0.647. The minimum atomic E-state index is -0.0375. The number of ketones is 1. The van der Waals surface area contributed by atoms with Gasteiger partial charge in [0.2, 0.25) is 0 Å². The fourth-order valence-electron chi connectivity index (χ4n) is 2.77. The van der Waals surface area contributed by atoms with Crippen molar-refractivity contribution in [2.24, 2.45) is 11.1 Å². The van der Waals surface area contributed by atoms with Crippen molar-refractivity contribution < 1.29 is 14.7 Å². The van der Waals surface area contributed by atoms with Gasteiger partial charge < -0.3 is 9.94 Å². The Kier molecular flexibility index (Phi) is 12.8. The molecule has 0 spiro atoms. The molecule has 1 aliphatic rings. The van der Waals surface area contributed by atoms with Gasteiger partial charge >= 0.3 is 18.9 Å². The Hall–Kier alpha value is -0.343. The first kappa shape index (κ1) is 23.7. The molecule has 0 bridgehead atoms. The second-order valence-corrected chi connectivity index (χ2v) is 7.54. The molecule has 0 heterocycles. The van der Waals surface area contributed by atoms with Crippen LogP contribution >= 0.6 is 23.4 Å². The molecular weight excluding hydrogens is 341 g/mol. The molecule has 1 N–H and O–H groups in total. The number of aliphatic hydroxyl groups is 1. The normalized spacial score (nSPS) is 20.2. The molecule has 2 unspecified atom stereocenters. The summed E-state index contributed by atoms with van der Waals surface area (Å²) in [6.45, 7) is 6.43. The van der Waals surface area contributed by atoms with Gasteiger partial charge in [-0.2, -0.15) is 11.8 Å². The zero-order chi connectivity index (χ0) is 17.2. The van der Waals surface area contributed by atoms with E-state index in [0.29, 0.717) is 35.8 Å². The average molecular weight is 368 g/mol. The van der Waals surface area contributed by atoms with Gasteiger partial charge in [0.25, 0.3) is 0 Å².